The van der Waals surface area contributed by atoms with E-state index in [4.69, 9.17) is 5.73 Å². The Bertz CT molecular complexity index is 582. The Morgan fingerprint density at radius 1 is 1.06 bits per heavy atom. The topological polar surface area (TPSA) is 113 Å². The highest BCUT2D eigenvalue weighted by Crippen LogP contribution is 2.38. The molecule has 7 nitrogen and oxygen atoms in total. The average molecular weight is 440 g/mol. The molecule has 0 bridgehead atoms. The largest absolute Gasteiger partial charge is 0.369 e. The number of amides is 3. The molecule has 0 heterocycles. The molecule has 7 heteroatoms. The fourth-order valence-corrected chi connectivity index (χ4v) is 4.98. The minimum atomic E-state index is -1.05. The van der Waals surface area contributed by atoms with Crippen LogP contribution in [0.3, 0.4) is 0 Å². The third kappa shape index (κ3) is 8.09. The molecule has 0 spiro atoms. The van der Waals surface area contributed by atoms with Gasteiger partial charge in [-0.15, -0.1) is 0 Å². The quantitative estimate of drug-likeness (QED) is 0.228. The second-order valence-corrected chi connectivity index (χ2v) is 10.2. The van der Waals surface area contributed by atoms with E-state index >= 15 is 0 Å². The minimum absolute atomic E-state index is 0.0630. The van der Waals surface area contributed by atoms with Crippen molar-refractivity contribution in [3.05, 3.63) is 0 Å². The molecule has 1 aliphatic rings. The zero-order valence-corrected chi connectivity index (χ0v) is 20.3. The van der Waals surface area contributed by atoms with Crippen LogP contribution < -0.4 is 11.1 Å². The Morgan fingerprint density at radius 2 is 1.61 bits per heavy atom. The summed E-state index contributed by atoms with van der Waals surface area (Å²) in [6.45, 7) is 7.57. The van der Waals surface area contributed by atoms with Gasteiger partial charge in [-0.05, 0) is 30.6 Å². The molecule has 0 aromatic carbocycles. The molecule has 3 amide bonds. The molecule has 0 saturated heterocycles. The summed E-state index contributed by atoms with van der Waals surface area (Å²) in [5, 5.41) is 14.0. The molecular formula is C24H45N3O4. The van der Waals surface area contributed by atoms with Crippen LogP contribution in [0.5, 0.6) is 0 Å². The molecule has 1 rings (SSSR count). The number of hydroxylamine groups is 2. The molecule has 0 radical (unpaired) electrons. The number of unbranched alkanes of at least 4 members (excludes halogenated alkanes) is 5. The molecule has 0 aliphatic heterocycles. The zero-order valence-electron chi connectivity index (χ0n) is 20.3. The van der Waals surface area contributed by atoms with E-state index in [9.17, 15) is 19.6 Å². The maximum Gasteiger partial charge on any atom is 0.250 e. The van der Waals surface area contributed by atoms with Crippen molar-refractivity contribution in [1.82, 2.24) is 10.4 Å². The lowest BCUT2D eigenvalue weighted by atomic mass is 9.76. The van der Waals surface area contributed by atoms with Gasteiger partial charge in [-0.3, -0.25) is 19.6 Å². The number of hydrogen-bond acceptors (Lipinski definition) is 4. The number of carbonyl (C=O) groups is 3. The number of likely N-dealkylation sites (N-methyl/N-ethyl adjacent to an activating group) is 1. The second-order valence-electron chi connectivity index (χ2n) is 10.2. The summed E-state index contributed by atoms with van der Waals surface area (Å²) in [7, 11) is 1.48. The van der Waals surface area contributed by atoms with Gasteiger partial charge in [-0.1, -0.05) is 79.1 Å². The predicted octanol–water partition coefficient (Wildman–Crippen LogP) is 4.02. The molecule has 31 heavy (non-hydrogen) atoms. The minimum Gasteiger partial charge on any atom is -0.369 e. The van der Waals surface area contributed by atoms with E-state index in [1.165, 1.54) is 19.9 Å². The third-order valence-corrected chi connectivity index (χ3v) is 6.64. The summed E-state index contributed by atoms with van der Waals surface area (Å²) >= 11 is 0. The Labute approximate surface area is 188 Å². The van der Waals surface area contributed by atoms with Crippen molar-refractivity contribution in [3.63, 3.8) is 0 Å². The first kappa shape index (κ1) is 27.4. The van der Waals surface area contributed by atoms with Gasteiger partial charge in [-0.25, -0.2) is 5.06 Å². The maximum atomic E-state index is 13.5. The number of nitrogens with two attached hydrogens (primary N) is 1. The molecule has 1 saturated carbocycles. The van der Waals surface area contributed by atoms with Crippen molar-refractivity contribution < 1.29 is 19.6 Å². The second kappa shape index (κ2) is 13.0. The van der Waals surface area contributed by atoms with Gasteiger partial charge in [-0.2, -0.15) is 0 Å². The summed E-state index contributed by atoms with van der Waals surface area (Å²) in [6.07, 6.45) is 10.7. The number of hydrogen-bond donors (Lipinski definition) is 3. The highest BCUT2D eigenvalue weighted by Gasteiger charge is 2.45. The van der Waals surface area contributed by atoms with Crippen molar-refractivity contribution in [2.75, 3.05) is 7.05 Å². The van der Waals surface area contributed by atoms with Crippen molar-refractivity contribution in [2.24, 2.45) is 28.9 Å². The number of nitrogens with zero attached hydrogens (tertiary/aromatic N) is 1. The van der Waals surface area contributed by atoms with Gasteiger partial charge in [0, 0.05) is 7.05 Å². The van der Waals surface area contributed by atoms with Crippen LogP contribution in [0.1, 0.15) is 98.3 Å². The monoisotopic (exact) mass is 439 g/mol. The number of primary amides is 1. The average Bonchev–Trinajstić information content (AvgIpc) is 3.21. The van der Waals surface area contributed by atoms with E-state index in [0.29, 0.717) is 11.5 Å². The van der Waals surface area contributed by atoms with Crippen molar-refractivity contribution in [3.8, 4) is 0 Å². The number of carbonyl (C=O) groups excluding carboxylic acids is 3. The van der Waals surface area contributed by atoms with Crippen LogP contribution in [-0.4, -0.2) is 41.1 Å². The first-order chi connectivity index (χ1) is 14.6. The maximum absolute atomic E-state index is 13.5. The van der Waals surface area contributed by atoms with Gasteiger partial charge in [0.25, 0.3) is 5.91 Å². The lowest BCUT2D eigenvalue weighted by molar-refractivity contribution is -0.195. The van der Waals surface area contributed by atoms with Crippen LogP contribution in [0.15, 0.2) is 0 Å². The van der Waals surface area contributed by atoms with E-state index < -0.39 is 41.0 Å². The van der Waals surface area contributed by atoms with Gasteiger partial charge in [0.2, 0.25) is 11.8 Å². The van der Waals surface area contributed by atoms with Gasteiger partial charge in [0.15, 0.2) is 0 Å². The Balaban J connectivity index is 3.09. The number of nitrogens with one attached hydrogen (secondary N) is 1. The van der Waals surface area contributed by atoms with Crippen molar-refractivity contribution in [2.45, 2.75) is 104 Å². The predicted molar refractivity (Wildman–Crippen MR) is 122 cm³/mol. The van der Waals surface area contributed by atoms with Crippen LogP contribution in [-0.2, 0) is 14.4 Å². The molecular weight excluding hydrogens is 394 g/mol. The number of rotatable bonds is 13. The lowest BCUT2D eigenvalue weighted by Crippen LogP contribution is -2.56. The van der Waals surface area contributed by atoms with E-state index in [-0.39, 0.29) is 5.92 Å². The van der Waals surface area contributed by atoms with Crippen molar-refractivity contribution >= 4 is 17.7 Å². The molecule has 1 aliphatic carbocycles. The summed E-state index contributed by atoms with van der Waals surface area (Å²) in [5.74, 6) is -2.72. The first-order valence-electron chi connectivity index (χ1n) is 12.1. The van der Waals surface area contributed by atoms with Crippen LogP contribution >= 0.6 is 0 Å². The van der Waals surface area contributed by atoms with Gasteiger partial charge in [0.05, 0.1) is 11.8 Å². The van der Waals surface area contributed by atoms with Crippen LogP contribution in [0.25, 0.3) is 0 Å². The van der Waals surface area contributed by atoms with Crippen LogP contribution in [0.4, 0.5) is 0 Å². The van der Waals surface area contributed by atoms with E-state index in [2.05, 4.69) is 12.2 Å². The van der Waals surface area contributed by atoms with Gasteiger partial charge < -0.3 is 11.1 Å². The lowest BCUT2D eigenvalue weighted by Gasteiger charge is -2.38. The summed E-state index contributed by atoms with van der Waals surface area (Å²) in [5.41, 5.74) is 5.13. The van der Waals surface area contributed by atoms with Crippen LogP contribution in [0, 0.1) is 23.2 Å². The molecule has 4 N–H and O–H groups in total. The molecule has 0 aromatic rings. The van der Waals surface area contributed by atoms with E-state index in [0.717, 1.165) is 51.4 Å². The molecule has 1 fully saturated rings. The summed E-state index contributed by atoms with van der Waals surface area (Å²) < 4.78 is 0. The standard InChI is InChI=1S/C24H45N3O4/c1-6-7-8-9-10-11-16-18(19(21(25)28)17-14-12-13-15-17)23(30)27(31)20(22(29)26-5)24(2,3)4/h17-20,31H,6-16H2,1-5H3,(H2,25,28)(H,26,29)/t18-,19+,20-/m1/s1. The van der Waals surface area contributed by atoms with Crippen molar-refractivity contribution in [1.29, 1.82) is 0 Å². The van der Waals surface area contributed by atoms with E-state index in [1.54, 1.807) is 20.8 Å². The fourth-order valence-electron chi connectivity index (χ4n) is 4.98. The highest BCUT2D eigenvalue weighted by atomic mass is 16.5. The van der Waals surface area contributed by atoms with Gasteiger partial charge >= 0.3 is 0 Å². The third-order valence-electron chi connectivity index (χ3n) is 6.64. The zero-order chi connectivity index (χ0) is 23.6. The Hall–Kier alpha value is -1.63. The van der Waals surface area contributed by atoms with Gasteiger partial charge in [0.1, 0.15) is 6.04 Å². The van der Waals surface area contributed by atoms with E-state index in [1.807, 2.05) is 0 Å². The molecule has 0 unspecified atom stereocenters. The Morgan fingerprint density at radius 3 is 2.10 bits per heavy atom. The molecule has 3 atom stereocenters. The fraction of sp³-hybridized carbons (Fsp3) is 0.875. The first-order valence-corrected chi connectivity index (χ1v) is 12.1. The Kier molecular flexibility index (Phi) is 11.5. The highest BCUT2D eigenvalue weighted by molar-refractivity contribution is 5.91. The SMILES string of the molecule is CCCCCCCC[C@@H](C(=O)N(O)[C@H](C(=O)NC)C(C)(C)C)[C@@H](C(N)=O)C1CCCC1. The normalized spacial score (nSPS) is 17.7. The summed E-state index contributed by atoms with van der Waals surface area (Å²) in [6, 6.07) is -1.05. The smallest absolute Gasteiger partial charge is 0.250 e. The molecule has 180 valence electrons. The molecule has 0 aromatic heterocycles. The van der Waals surface area contributed by atoms with Crippen LogP contribution in [0.2, 0.25) is 0 Å². The summed E-state index contributed by atoms with van der Waals surface area (Å²) in [4.78, 5) is 38.5.